The maximum absolute atomic E-state index is 12.2. The van der Waals surface area contributed by atoms with Crippen molar-refractivity contribution >= 4 is 16.9 Å². The molecule has 1 saturated heterocycles. The summed E-state index contributed by atoms with van der Waals surface area (Å²) in [4.78, 5) is 32.1. The van der Waals surface area contributed by atoms with Gasteiger partial charge in [0, 0.05) is 37.6 Å². The van der Waals surface area contributed by atoms with Crippen LogP contribution in [0.1, 0.15) is 24.2 Å². The lowest BCUT2D eigenvalue weighted by Gasteiger charge is -2.33. The molecule has 4 heterocycles. The Morgan fingerprint density at radius 3 is 2.81 bits per heavy atom. The summed E-state index contributed by atoms with van der Waals surface area (Å²) in [6.45, 7) is 6.28. The average molecular weight is 350 g/mol. The molecule has 0 saturated carbocycles. The number of aromatic nitrogens is 5. The molecule has 4 rings (SSSR count). The minimum absolute atomic E-state index is 0.0610. The van der Waals surface area contributed by atoms with Crippen molar-refractivity contribution in [3.63, 3.8) is 0 Å². The Kier molecular flexibility index (Phi) is 4.36. The van der Waals surface area contributed by atoms with Crippen LogP contribution in [0.25, 0.3) is 11.0 Å². The first-order valence-corrected chi connectivity index (χ1v) is 8.97. The normalized spacial score (nSPS) is 15.5. The van der Waals surface area contributed by atoms with E-state index in [1.54, 1.807) is 23.3 Å². The molecule has 0 atom stereocenters. The molecule has 1 aliphatic rings. The summed E-state index contributed by atoms with van der Waals surface area (Å²) < 4.78 is 1.74. The Morgan fingerprint density at radius 2 is 2.00 bits per heavy atom. The van der Waals surface area contributed by atoms with Gasteiger partial charge in [0.25, 0.3) is 5.56 Å². The fourth-order valence-corrected chi connectivity index (χ4v) is 3.59. The van der Waals surface area contributed by atoms with Crippen LogP contribution in [0.2, 0.25) is 0 Å². The highest BCUT2D eigenvalue weighted by Gasteiger charge is 2.23. The minimum Gasteiger partial charge on any atom is -0.356 e. The Bertz CT molecular complexity index is 991. The summed E-state index contributed by atoms with van der Waals surface area (Å²) in [7, 11) is 0. The van der Waals surface area contributed by atoms with Crippen molar-refractivity contribution in [2.75, 3.05) is 18.0 Å². The first-order chi connectivity index (χ1) is 12.6. The Hall–Kier alpha value is -2.83. The quantitative estimate of drug-likeness (QED) is 0.720. The van der Waals surface area contributed by atoms with Crippen LogP contribution in [-0.2, 0) is 6.54 Å². The highest BCUT2D eigenvalue weighted by atomic mass is 16.1. The highest BCUT2D eigenvalue weighted by molar-refractivity contribution is 5.86. The van der Waals surface area contributed by atoms with Gasteiger partial charge in [-0.1, -0.05) is 0 Å². The summed E-state index contributed by atoms with van der Waals surface area (Å²) in [6, 6.07) is 3.95. The molecule has 0 radical (unpaired) electrons. The molecule has 1 aliphatic heterocycles. The van der Waals surface area contributed by atoms with Crippen LogP contribution in [0.5, 0.6) is 0 Å². The predicted octanol–water partition coefficient (Wildman–Crippen LogP) is 2.11. The van der Waals surface area contributed by atoms with E-state index in [1.807, 2.05) is 26.0 Å². The average Bonchev–Trinajstić information content (AvgIpc) is 2.65. The third-order valence-corrected chi connectivity index (χ3v) is 5.00. The van der Waals surface area contributed by atoms with Crippen LogP contribution in [0.4, 0.5) is 5.82 Å². The number of rotatable bonds is 3. The lowest BCUT2D eigenvalue weighted by molar-refractivity contribution is 0.350. The molecule has 0 unspecified atom stereocenters. The second-order valence-corrected chi connectivity index (χ2v) is 6.93. The summed E-state index contributed by atoms with van der Waals surface area (Å²) in [5.41, 5.74) is 1.50. The van der Waals surface area contributed by atoms with Crippen LogP contribution in [0.3, 0.4) is 0 Å². The largest absolute Gasteiger partial charge is 0.356 e. The van der Waals surface area contributed by atoms with Crippen molar-refractivity contribution < 1.29 is 0 Å². The van der Waals surface area contributed by atoms with E-state index in [9.17, 15) is 4.79 Å². The Labute approximate surface area is 151 Å². The van der Waals surface area contributed by atoms with E-state index in [-0.39, 0.29) is 5.56 Å². The standard InChI is InChI=1S/C19H22N6O/c1-13-10-20-12-25(19(13)26)11-15-5-8-24(9-6-15)18-16-4-3-7-21-17(16)22-14(2)23-18/h3-4,7,10,12,15H,5-6,8-9,11H2,1-2H3. The summed E-state index contributed by atoms with van der Waals surface area (Å²) >= 11 is 0. The van der Waals surface area contributed by atoms with Crippen molar-refractivity contribution in [3.05, 3.63) is 52.6 Å². The van der Waals surface area contributed by atoms with Gasteiger partial charge in [-0.05, 0) is 44.7 Å². The maximum Gasteiger partial charge on any atom is 0.256 e. The van der Waals surface area contributed by atoms with Crippen LogP contribution < -0.4 is 10.5 Å². The van der Waals surface area contributed by atoms with E-state index in [4.69, 9.17) is 0 Å². The monoisotopic (exact) mass is 350 g/mol. The molecule has 0 N–H and O–H groups in total. The molecule has 3 aromatic heterocycles. The molecule has 0 amide bonds. The number of anilines is 1. The molecular formula is C19H22N6O. The molecule has 1 fully saturated rings. The number of aryl methyl sites for hydroxylation is 2. The van der Waals surface area contributed by atoms with Gasteiger partial charge in [0.1, 0.15) is 11.6 Å². The molecule has 0 spiro atoms. The van der Waals surface area contributed by atoms with E-state index in [0.717, 1.165) is 55.2 Å². The Balaban J connectivity index is 1.51. The summed E-state index contributed by atoms with van der Waals surface area (Å²) in [5, 5.41) is 0.996. The molecule has 134 valence electrons. The lowest BCUT2D eigenvalue weighted by Crippen LogP contribution is -2.37. The van der Waals surface area contributed by atoms with Gasteiger partial charge in [-0.2, -0.15) is 0 Å². The van der Waals surface area contributed by atoms with Crippen molar-refractivity contribution in [1.29, 1.82) is 0 Å². The Morgan fingerprint density at radius 1 is 1.19 bits per heavy atom. The molecular weight excluding hydrogens is 328 g/mol. The smallest absolute Gasteiger partial charge is 0.256 e. The number of fused-ring (bicyclic) bond motifs is 1. The second kappa shape index (κ2) is 6.82. The minimum atomic E-state index is 0.0610. The van der Waals surface area contributed by atoms with E-state index < -0.39 is 0 Å². The number of nitrogens with zero attached hydrogens (tertiary/aromatic N) is 6. The van der Waals surface area contributed by atoms with Gasteiger partial charge >= 0.3 is 0 Å². The zero-order chi connectivity index (χ0) is 18.1. The zero-order valence-electron chi connectivity index (χ0n) is 15.1. The van der Waals surface area contributed by atoms with Crippen molar-refractivity contribution in [2.45, 2.75) is 33.2 Å². The van der Waals surface area contributed by atoms with E-state index in [0.29, 0.717) is 11.5 Å². The third-order valence-electron chi connectivity index (χ3n) is 5.00. The van der Waals surface area contributed by atoms with Gasteiger partial charge in [0.15, 0.2) is 5.65 Å². The molecule has 0 bridgehead atoms. The van der Waals surface area contributed by atoms with Crippen molar-refractivity contribution in [2.24, 2.45) is 5.92 Å². The summed E-state index contributed by atoms with van der Waals surface area (Å²) in [5.74, 6) is 2.18. The predicted molar refractivity (Wildman–Crippen MR) is 100 cm³/mol. The van der Waals surface area contributed by atoms with Crippen LogP contribution in [0.15, 0.2) is 35.6 Å². The van der Waals surface area contributed by atoms with E-state index in [2.05, 4.69) is 24.8 Å². The van der Waals surface area contributed by atoms with E-state index in [1.165, 1.54) is 0 Å². The van der Waals surface area contributed by atoms with Gasteiger partial charge in [-0.15, -0.1) is 0 Å². The van der Waals surface area contributed by atoms with Crippen LogP contribution in [-0.4, -0.2) is 37.6 Å². The number of hydrogen-bond acceptors (Lipinski definition) is 6. The van der Waals surface area contributed by atoms with Crippen LogP contribution >= 0.6 is 0 Å². The van der Waals surface area contributed by atoms with E-state index >= 15 is 0 Å². The number of piperidine rings is 1. The van der Waals surface area contributed by atoms with Crippen LogP contribution in [0, 0.1) is 19.8 Å². The molecule has 26 heavy (non-hydrogen) atoms. The van der Waals surface area contributed by atoms with Crippen molar-refractivity contribution in [1.82, 2.24) is 24.5 Å². The fourth-order valence-electron chi connectivity index (χ4n) is 3.59. The van der Waals surface area contributed by atoms with Crippen molar-refractivity contribution in [3.8, 4) is 0 Å². The maximum atomic E-state index is 12.2. The van der Waals surface area contributed by atoms with Gasteiger partial charge in [0.05, 0.1) is 11.7 Å². The van der Waals surface area contributed by atoms with Gasteiger partial charge in [-0.3, -0.25) is 9.36 Å². The molecule has 7 heteroatoms. The first-order valence-electron chi connectivity index (χ1n) is 8.97. The second-order valence-electron chi connectivity index (χ2n) is 6.93. The highest BCUT2D eigenvalue weighted by Crippen LogP contribution is 2.27. The zero-order valence-corrected chi connectivity index (χ0v) is 15.1. The topological polar surface area (TPSA) is 76.8 Å². The van der Waals surface area contributed by atoms with Gasteiger partial charge < -0.3 is 4.90 Å². The first kappa shape index (κ1) is 16.6. The number of pyridine rings is 1. The molecule has 7 nitrogen and oxygen atoms in total. The summed E-state index contributed by atoms with van der Waals surface area (Å²) in [6.07, 6.45) is 7.07. The lowest BCUT2D eigenvalue weighted by atomic mass is 9.96. The SMILES string of the molecule is Cc1nc(N2CCC(Cn3cncc(C)c3=O)CC2)c2cccnc2n1. The molecule has 0 aromatic carbocycles. The molecule has 0 aliphatic carbocycles. The third kappa shape index (κ3) is 3.16. The fraction of sp³-hybridized carbons (Fsp3) is 0.421. The van der Waals surface area contributed by atoms with Gasteiger partial charge in [0.2, 0.25) is 0 Å². The molecule has 3 aromatic rings. The van der Waals surface area contributed by atoms with Gasteiger partial charge in [-0.25, -0.2) is 19.9 Å². The number of hydrogen-bond donors (Lipinski definition) is 0.